The smallest absolute Gasteiger partial charge is 0.237 e. The molecule has 0 saturated carbocycles. The zero-order valence-electron chi connectivity index (χ0n) is 13.1. The minimum atomic E-state index is 0. The number of hydrogen-bond acceptors (Lipinski definition) is 4. The number of carbonyl (C=O) groups excluding carboxylic acids is 1. The van der Waals surface area contributed by atoms with Crippen molar-refractivity contribution in [3.8, 4) is 0 Å². The molecule has 0 aromatic heterocycles. The van der Waals surface area contributed by atoms with Gasteiger partial charge in [-0.3, -0.25) is 9.69 Å². The first kappa shape index (κ1) is 18.9. The number of halogens is 1. The lowest BCUT2D eigenvalue weighted by Crippen LogP contribution is -2.49. The summed E-state index contributed by atoms with van der Waals surface area (Å²) in [4.78, 5) is 16.5. The second-order valence-electron chi connectivity index (χ2n) is 5.36. The van der Waals surface area contributed by atoms with E-state index in [1.807, 2.05) is 30.0 Å². The molecule has 0 spiro atoms. The molecule has 1 aromatic rings. The van der Waals surface area contributed by atoms with Gasteiger partial charge in [0.25, 0.3) is 0 Å². The van der Waals surface area contributed by atoms with Crippen LogP contribution in [0.2, 0.25) is 0 Å². The molecule has 1 atom stereocenters. The van der Waals surface area contributed by atoms with Crippen LogP contribution in [0.5, 0.6) is 0 Å². The highest BCUT2D eigenvalue weighted by molar-refractivity contribution is 5.85. The van der Waals surface area contributed by atoms with Gasteiger partial charge in [-0.25, -0.2) is 0 Å². The van der Waals surface area contributed by atoms with Crippen molar-refractivity contribution in [2.75, 3.05) is 39.3 Å². The van der Waals surface area contributed by atoms with Gasteiger partial charge < -0.3 is 15.4 Å². The first-order valence-corrected chi connectivity index (χ1v) is 7.58. The van der Waals surface area contributed by atoms with E-state index in [0.717, 1.165) is 25.2 Å². The number of rotatable bonds is 6. The molecule has 124 valence electrons. The molecule has 6 heteroatoms. The predicted octanol–water partition coefficient (Wildman–Crippen LogP) is 1.12. The van der Waals surface area contributed by atoms with E-state index in [-0.39, 0.29) is 24.4 Å². The summed E-state index contributed by atoms with van der Waals surface area (Å²) in [5, 5.41) is 0. The first-order valence-electron chi connectivity index (χ1n) is 7.58. The Morgan fingerprint density at radius 1 is 1.41 bits per heavy atom. The molecule has 1 heterocycles. The average molecular weight is 328 g/mol. The van der Waals surface area contributed by atoms with Gasteiger partial charge in [0, 0.05) is 32.7 Å². The molecular weight excluding hydrogens is 302 g/mol. The lowest BCUT2D eigenvalue weighted by atomic mass is 10.2. The Morgan fingerprint density at radius 2 is 2.14 bits per heavy atom. The SMILES string of the molecule is CCN(Cc1ccccc1)C(=O)CN1CCOC(CN)C1.Cl. The molecule has 1 saturated heterocycles. The molecule has 1 aromatic carbocycles. The van der Waals surface area contributed by atoms with Gasteiger partial charge >= 0.3 is 0 Å². The lowest BCUT2D eigenvalue weighted by molar-refractivity contribution is -0.134. The second kappa shape index (κ2) is 9.79. The van der Waals surface area contributed by atoms with Crippen molar-refractivity contribution in [1.29, 1.82) is 0 Å². The number of nitrogens with zero attached hydrogens (tertiary/aromatic N) is 2. The highest BCUT2D eigenvalue weighted by Gasteiger charge is 2.23. The lowest BCUT2D eigenvalue weighted by Gasteiger charge is -2.33. The van der Waals surface area contributed by atoms with Gasteiger partial charge in [0.2, 0.25) is 5.91 Å². The normalized spacial score (nSPS) is 18.5. The van der Waals surface area contributed by atoms with Crippen LogP contribution in [0, 0.1) is 0 Å². The maximum atomic E-state index is 12.5. The zero-order chi connectivity index (χ0) is 15.1. The van der Waals surface area contributed by atoms with Gasteiger partial charge in [-0.1, -0.05) is 30.3 Å². The fourth-order valence-corrected chi connectivity index (χ4v) is 2.54. The molecule has 0 aliphatic carbocycles. The van der Waals surface area contributed by atoms with E-state index < -0.39 is 0 Å². The standard InChI is InChI=1S/C16H25N3O2.ClH/c1-2-19(11-14-6-4-3-5-7-14)16(20)13-18-8-9-21-15(10-17)12-18;/h3-7,15H,2,8-13,17H2,1H3;1H. The van der Waals surface area contributed by atoms with Crippen molar-refractivity contribution in [3.63, 3.8) is 0 Å². The fraction of sp³-hybridized carbons (Fsp3) is 0.562. The van der Waals surface area contributed by atoms with Crippen molar-refractivity contribution in [3.05, 3.63) is 35.9 Å². The maximum Gasteiger partial charge on any atom is 0.237 e. The number of hydrogen-bond donors (Lipinski definition) is 1. The van der Waals surface area contributed by atoms with E-state index in [2.05, 4.69) is 17.0 Å². The number of ether oxygens (including phenoxy) is 1. The van der Waals surface area contributed by atoms with E-state index in [9.17, 15) is 4.79 Å². The van der Waals surface area contributed by atoms with Crippen LogP contribution >= 0.6 is 12.4 Å². The van der Waals surface area contributed by atoms with Crippen molar-refractivity contribution in [2.24, 2.45) is 5.73 Å². The minimum absolute atomic E-state index is 0. The van der Waals surface area contributed by atoms with Crippen molar-refractivity contribution < 1.29 is 9.53 Å². The molecule has 1 amide bonds. The molecule has 1 unspecified atom stereocenters. The molecule has 0 radical (unpaired) electrons. The summed E-state index contributed by atoms with van der Waals surface area (Å²) in [6.45, 7) is 6.55. The predicted molar refractivity (Wildman–Crippen MR) is 90.0 cm³/mol. The summed E-state index contributed by atoms with van der Waals surface area (Å²) in [6, 6.07) is 10.1. The van der Waals surface area contributed by atoms with Gasteiger partial charge in [-0.05, 0) is 12.5 Å². The summed E-state index contributed by atoms with van der Waals surface area (Å²) < 4.78 is 5.53. The Labute approximate surface area is 138 Å². The number of likely N-dealkylation sites (N-methyl/N-ethyl adjacent to an activating group) is 1. The summed E-state index contributed by atoms with van der Waals surface area (Å²) in [5.74, 6) is 0.166. The van der Waals surface area contributed by atoms with Crippen LogP contribution in [0.1, 0.15) is 12.5 Å². The summed E-state index contributed by atoms with van der Waals surface area (Å²) in [7, 11) is 0. The Hall–Kier alpha value is -1.14. The Morgan fingerprint density at radius 3 is 2.77 bits per heavy atom. The van der Waals surface area contributed by atoms with Gasteiger partial charge in [0.1, 0.15) is 0 Å². The Bertz CT molecular complexity index is 444. The van der Waals surface area contributed by atoms with Crippen LogP contribution in [0.3, 0.4) is 0 Å². The van der Waals surface area contributed by atoms with Gasteiger partial charge in [0.05, 0.1) is 19.3 Å². The van der Waals surface area contributed by atoms with Gasteiger partial charge in [-0.2, -0.15) is 0 Å². The third-order valence-electron chi connectivity index (χ3n) is 3.80. The van der Waals surface area contributed by atoms with Gasteiger partial charge in [-0.15, -0.1) is 12.4 Å². The maximum absolute atomic E-state index is 12.5. The van der Waals surface area contributed by atoms with Crippen LogP contribution in [0.15, 0.2) is 30.3 Å². The number of amides is 1. The van der Waals surface area contributed by atoms with E-state index >= 15 is 0 Å². The second-order valence-corrected chi connectivity index (χ2v) is 5.36. The summed E-state index contributed by atoms with van der Waals surface area (Å²) in [5.41, 5.74) is 6.80. The molecule has 1 fully saturated rings. The number of nitrogens with two attached hydrogens (primary N) is 1. The van der Waals surface area contributed by atoms with Crippen LogP contribution in [0.4, 0.5) is 0 Å². The molecule has 1 aliphatic rings. The molecule has 2 N–H and O–H groups in total. The van der Waals surface area contributed by atoms with Crippen LogP contribution < -0.4 is 5.73 Å². The quantitative estimate of drug-likeness (QED) is 0.850. The Kier molecular flexibility index (Phi) is 8.42. The van der Waals surface area contributed by atoms with Crippen LogP contribution in [-0.2, 0) is 16.1 Å². The van der Waals surface area contributed by atoms with E-state index in [1.165, 1.54) is 0 Å². The monoisotopic (exact) mass is 327 g/mol. The van der Waals surface area contributed by atoms with E-state index in [1.54, 1.807) is 0 Å². The van der Waals surface area contributed by atoms with Crippen molar-refractivity contribution >= 4 is 18.3 Å². The Balaban J connectivity index is 0.00000242. The molecule has 2 rings (SSSR count). The molecular formula is C16H26ClN3O2. The summed E-state index contributed by atoms with van der Waals surface area (Å²) in [6.07, 6.45) is 0.0516. The highest BCUT2D eigenvalue weighted by Crippen LogP contribution is 2.08. The zero-order valence-corrected chi connectivity index (χ0v) is 13.9. The third-order valence-corrected chi connectivity index (χ3v) is 3.80. The average Bonchev–Trinajstić information content (AvgIpc) is 2.53. The first-order chi connectivity index (χ1) is 10.2. The number of benzene rings is 1. The molecule has 5 nitrogen and oxygen atoms in total. The summed E-state index contributed by atoms with van der Waals surface area (Å²) >= 11 is 0. The topological polar surface area (TPSA) is 58.8 Å². The molecule has 22 heavy (non-hydrogen) atoms. The third kappa shape index (κ3) is 5.57. The molecule has 1 aliphatic heterocycles. The van der Waals surface area contributed by atoms with Gasteiger partial charge in [0.15, 0.2) is 0 Å². The largest absolute Gasteiger partial charge is 0.374 e. The van der Waals surface area contributed by atoms with E-state index in [4.69, 9.17) is 10.5 Å². The molecule has 0 bridgehead atoms. The van der Waals surface area contributed by atoms with Crippen LogP contribution in [-0.4, -0.2) is 61.1 Å². The fourth-order valence-electron chi connectivity index (χ4n) is 2.54. The number of carbonyl (C=O) groups is 1. The van der Waals surface area contributed by atoms with Crippen molar-refractivity contribution in [2.45, 2.75) is 19.6 Å². The minimum Gasteiger partial charge on any atom is -0.374 e. The van der Waals surface area contributed by atoms with E-state index in [0.29, 0.717) is 26.2 Å². The van der Waals surface area contributed by atoms with Crippen LogP contribution in [0.25, 0.3) is 0 Å². The van der Waals surface area contributed by atoms with Crippen molar-refractivity contribution in [1.82, 2.24) is 9.80 Å². The highest BCUT2D eigenvalue weighted by atomic mass is 35.5. The number of morpholine rings is 1.